The molecule has 0 aromatic carbocycles. The van der Waals surface area contributed by atoms with E-state index in [0.29, 0.717) is 6.61 Å². The second-order valence-corrected chi connectivity index (χ2v) is 6.27. The molecule has 5 nitrogen and oxygen atoms in total. The average Bonchev–Trinajstić information content (AvgIpc) is 2.53. The molecule has 22 heavy (non-hydrogen) atoms. The van der Waals surface area contributed by atoms with Crippen LogP contribution in [0.2, 0.25) is 0 Å². The third-order valence-electron chi connectivity index (χ3n) is 4.35. The maximum atomic E-state index is 9.92. The lowest BCUT2D eigenvalue weighted by Crippen LogP contribution is -2.55. The van der Waals surface area contributed by atoms with E-state index in [-0.39, 0.29) is 13.2 Å². The van der Waals surface area contributed by atoms with E-state index in [9.17, 15) is 10.2 Å². The van der Waals surface area contributed by atoms with Crippen LogP contribution in [-0.4, -0.2) is 59.6 Å². The van der Waals surface area contributed by atoms with Crippen LogP contribution in [0.15, 0.2) is 0 Å². The van der Waals surface area contributed by atoms with E-state index in [1.165, 1.54) is 44.9 Å². The standard InChI is InChI=1S/C17H34O5/c1-2-3-4-5-6-7-8-9-10-11-21-15-13-22-14(12-18)16(19)17(15)20/h14-20H,2-13H2,1H3/t14-,15+,16-,17-/m1/s1. The molecule has 4 atom stereocenters. The van der Waals surface area contributed by atoms with Gasteiger partial charge < -0.3 is 24.8 Å². The Hall–Kier alpha value is -0.200. The maximum Gasteiger partial charge on any atom is 0.111 e. The van der Waals surface area contributed by atoms with E-state index in [2.05, 4.69) is 6.92 Å². The first-order chi connectivity index (χ1) is 10.7. The van der Waals surface area contributed by atoms with Gasteiger partial charge in [-0.25, -0.2) is 0 Å². The summed E-state index contributed by atoms with van der Waals surface area (Å²) in [5.74, 6) is 0. The minimum atomic E-state index is -1.08. The van der Waals surface area contributed by atoms with Gasteiger partial charge in [0.1, 0.15) is 24.4 Å². The minimum absolute atomic E-state index is 0.223. The molecule has 1 saturated heterocycles. The molecule has 1 rings (SSSR count). The first-order valence-corrected chi connectivity index (χ1v) is 8.90. The van der Waals surface area contributed by atoms with Gasteiger partial charge in [0.05, 0.1) is 13.2 Å². The number of rotatable bonds is 12. The fourth-order valence-electron chi connectivity index (χ4n) is 2.81. The van der Waals surface area contributed by atoms with Gasteiger partial charge in [0.15, 0.2) is 0 Å². The first kappa shape index (κ1) is 19.8. The van der Waals surface area contributed by atoms with Crippen molar-refractivity contribution in [2.24, 2.45) is 0 Å². The van der Waals surface area contributed by atoms with Crippen LogP contribution in [0, 0.1) is 0 Å². The SMILES string of the molecule is CCCCCCCCCCCO[C@H]1CO[C@H](CO)[C@@H](O)[C@@H]1O. The van der Waals surface area contributed by atoms with Gasteiger partial charge in [-0.1, -0.05) is 58.3 Å². The van der Waals surface area contributed by atoms with Gasteiger partial charge in [0.2, 0.25) is 0 Å². The van der Waals surface area contributed by atoms with Crippen molar-refractivity contribution in [3.8, 4) is 0 Å². The molecule has 0 spiro atoms. The summed E-state index contributed by atoms with van der Waals surface area (Å²) < 4.78 is 10.9. The Kier molecular flexibility index (Phi) is 11.1. The lowest BCUT2D eigenvalue weighted by molar-refractivity contribution is -0.208. The van der Waals surface area contributed by atoms with E-state index in [1.54, 1.807) is 0 Å². The fourth-order valence-corrected chi connectivity index (χ4v) is 2.81. The Bertz CT molecular complexity index is 261. The van der Waals surface area contributed by atoms with Gasteiger partial charge >= 0.3 is 0 Å². The Morgan fingerprint density at radius 3 is 2.09 bits per heavy atom. The molecule has 0 bridgehead atoms. The van der Waals surface area contributed by atoms with Crippen molar-refractivity contribution in [3.63, 3.8) is 0 Å². The lowest BCUT2D eigenvalue weighted by Gasteiger charge is -2.36. The summed E-state index contributed by atoms with van der Waals surface area (Å²) >= 11 is 0. The molecule has 3 N–H and O–H groups in total. The van der Waals surface area contributed by atoms with Crippen molar-refractivity contribution >= 4 is 0 Å². The summed E-state index contributed by atoms with van der Waals surface area (Å²) in [7, 11) is 0. The quantitative estimate of drug-likeness (QED) is 0.480. The number of ether oxygens (including phenoxy) is 2. The fraction of sp³-hybridized carbons (Fsp3) is 1.00. The minimum Gasteiger partial charge on any atom is -0.394 e. The van der Waals surface area contributed by atoms with Gasteiger partial charge in [0, 0.05) is 6.61 Å². The molecule has 0 aliphatic carbocycles. The number of aliphatic hydroxyl groups excluding tert-OH is 3. The number of hydrogen-bond donors (Lipinski definition) is 3. The molecular formula is C17H34O5. The predicted molar refractivity (Wildman–Crippen MR) is 85.8 cm³/mol. The van der Waals surface area contributed by atoms with Gasteiger partial charge in [-0.05, 0) is 6.42 Å². The number of unbranched alkanes of at least 4 members (excludes halogenated alkanes) is 8. The zero-order valence-electron chi connectivity index (χ0n) is 14.0. The summed E-state index contributed by atoms with van der Waals surface area (Å²) in [5, 5.41) is 28.7. The van der Waals surface area contributed by atoms with Crippen molar-refractivity contribution in [3.05, 3.63) is 0 Å². The Morgan fingerprint density at radius 1 is 0.909 bits per heavy atom. The molecule has 5 heteroatoms. The van der Waals surface area contributed by atoms with Crippen LogP contribution in [0.25, 0.3) is 0 Å². The highest BCUT2D eigenvalue weighted by Crippen LogP contribution is 2.18. The van der Waals surface area contributed by atoms with Crippen molar-refractivity contribution in [2.75, 3.05) is 19.8 Å². The largest absolute Gasteiger partial charge is 0.394 e. The smallest absolute Gasteiger partial charge is 0.111 e. The van der Waals surface area contributed by atoms with E-state index >= 15 is 0 Å². The van der Waals surface area contributed by atoms with Crippen molar-refractivity contribution in [1.29, 1.82) is 0 Å². The van der Waals surface area contributed by atoms with E-state index in [0.717, 1.165) is 12.8 Å². The van der Waals surface area contributed by atoms with Crippen molar-refractivity contribution in [2.45, 2.75) is 89.1 Å². The highest BCUT2D eigenvalue weighted by molar-refractivity contribution is 4.87. The molecule has 0 aromatic rings. The van der Waals surface area contributed by atoms with E-state index in [1.807, 2.05) is 0 Å². The monoisotopic (exact) mass is 318 g/mol. The molecule has 0 saturated carbocycles. The third kappa shape index (κ3) is 7.38. The topological polar surface area (TPSA) is 79.2 Å². The van der Waals surface area contributed by atoms with Crippen LogP contribution in [0.1, 0.15) is 64.7 Å². The van der Waals surface area contributed by atoms with E-state index in [4.69, 9.17) is 14.6 Å². The summed E-state index contributed by atoms with van der Waals surface area (Å²) in [4.78, 5) is 0. The lowest BCUT2D eigenvalue weighted by atomic mass is 10.0. The van der Waals surface area contributed by atoms with Crippen LogP contribution in [0.3, 0.4) is 0 Å². The molecule has 0 radical (unpaired) electrons. The van der Waals surface area contributed by atoms with Crippen molar-refractivity contribution < 1.29 is 24.8 Å². The molecule has 1 aliphatic heterocycles. The summed E-state index contributed by atoms with van der Waals surface area (Å²) in [6.45, 7) is 2.75. The van der Waals surface area contributed by atoms with Crippen LogP contribution in [0.5, 0.6) is 0 Å². The maximum absolute atomic E-state index is 9.92. The van der Waals surface area contributed by atoms with Gasteiger partial charge in [0.25, 0.3) is 0 Å². The van der Waals surface area contributed by atoms with Gasteiger partial charge in [-0.3, -0.25) is 0 Å². The molecule has 1 fully saturated rings. The molecule has 1 heterocycles. The summed E-state index contributed by atoms with van der Waals surface area (Å²) in [5.41, 5.74) is 0. The van der Waals surface area contributed by atoms with Gasteiger partial charge in [-0.2, -0.15) is 0 Å². The Morgan fingerprint density at radius 2 is 1.50 bits per heavy atom. The average molecular weight is 318 g/mol. The first-order valence-electron chi connectivity index (χ1n) is 8.90. The third-order valence-corrected chi connectivity index (χ3v) is 4.35. The zero-order valence-corrected chi connectivity index (χ0v) is 14.0. The molecule has 0 aromatic heterocycles. The Balaban J connectivity index is 1.96. The van der Waals surface area contributed by atoms with Crippen molar-refractivity contribution in [1.82, 2.24) is 0 Å². The highest BCUT2D eigenvalue weighted by Gasteiger charge is 2.38. The predicted octanol–water partition coefficient (Wildman–Crippen LogP) is 2.02. The van der Waals surface area contributed by atoms with Gasteiger partial charge in [-0.15, -0.1) is 0 Å². The van der Waals surface area contributed by atoms with E-state index < -0.39 is 24.4 Å². The number of aliphatic hydroxyl groups is 3. The molecule has 1 aliphatic rings. The molecule has 0 unspecified atom stereocenters. The number of hydrogen-bond acceptors (Lipinski definition) is 5. The Labute approximate surface area is 134 Å². The van der Waals surface area contributed by atoms with Crippen LogP contribution >= 0.6 is 0 Å². The second-order valence-electron chi connectivity index (χ2n) is 6.27. The molecule has 132 valence electrons. The van der Waals surface area contributed by atoms with Crippen LogP contribution in [-0.2, 0) is 9.47 Å². The zero-order chi connectivity index (χ0) is 16.2. The summed E-state index contributed by atoms with van der Waals surface area (Å²) in [6.07, 6.45) is 8.04. The summed E-state index contributed by atoms with van der Waals surface area (Å²) in [6, 6.07) is 0. The second kappa shape index (κ2) is 12.3. The van der Waals surface area contributed by atoms with Crippen LogP contribution in [0.4, 0.5) is 0 Å². The molecule has 0 amide bonds. The highest BCUT2D eigenvalue weighted by atomic mass is 16.6. The normalized spacial score (nSPS) is 28.9. The van der Waals surface area contributed by atoms with Crippen LogP contribution < -0.4 is 0 Å². The molecular weight excluding hydrogens is 284 g/mol.